The van der Waals surface area contributed by atoms with Crippen molar-refractivity contribution in [1.29, 1.82) is 0 Å². The molecule has 2 aromatic rings. The number of ether oxygens (including phenoxy) is 2. The van der Waals surface area contributed by atoms with Crippen molar-refractivity contribution in [3.63, 3.8) is 0 Å². The van der Waals surface area contributed by atoms with Crippen LogP contribution in [0.2, 0.25) is 0 Å². The van der Waals surface area contributed by atoms with Gasteiger partial charge in [0.05, 0.1) is 30.1 Å². The first-order chi connectivity index (χ1) is 12.9. The number of nitrogens with zero attached hydrogens (tertiary/aromatic N) is 2. The zero-order chi connectivity index (χ0) is 19.4. The van der Waals surface area contributed by atoms with Gasteiger partial charge in [-0.05, 0) is 24.3 Å². The predicted octanol–water partition coefficient (Wildman–Crippen LogP) is 2.37. The summed E-state index contributed by atoms with van der Waals surface area (Å²) in [5.41, 5.74) is 0.447. The topological polar surface area (TPSA) is 111 Å². The fourth-order valence-corrected chi connectivity index (χ4v) is 4.15. The van der Waals surface area contributed by atoms with E-state index in [9.17, 15) is 18.5 Å². The fraction of sp³-hybridized carbons (Fsp3) is 0.294. The quantitative estimate of drug-likeness (QED) is 0.592. The van der Waals surface area contributed by atoms with E-state index in [-0.39, 0.29) is 29.4 Å². The number of hydrogen-bond acceptors (Lipinski definition) is 7. The molecule has 0 bridgehead atoms. The summed E-state index contributed by atoms with van der Waals surface area (Å²) in [5.74, 6) is 0.592. The smallest absolute Gasteiger partial charge is 0.294 e. The lowest BCUT2D eigenvalue weighted by atomic mass is 10.2. The van der Waals surface area contributed by atoms with Crippen molar-refractivity contribution < 1.29 is 22.8 Å². The molecule has 3 rings (SSSR count). The Hall–Kier alpha value is -2.69. The number of anilines is 2. The summed E-state index contributed by atoms with van der Waals surface area (Å²) >= 11 is 0. The number of sulfonamides is 1. The first-order valence-electron chi connectivity index (χ1n) is 8.19. The maximum atomic E-state index is 12.7. The molecular formula is C17H19N3O6S. The molecule has 0 radical (unpaired) electrons. The molecule has 0 saturated carbocycles. The largest absolute Gasteiger partial charge is 0.497 e. The van der Waals surface area contributed by atoms with Crippen molar-refractivity contribution in [3.05, 3.63) is 52.6 Å². The van der Waals surface area contributed by atoms with Crippen molar-refractivity contribution in [2.75, 3.05) is 38.7 Å². The Morgan fingerprint density at radius 3 is 2.59 bits per heavy atom. The highest BCUT2D eigenvalue weighted by molar-refractivity contribution is 7.89. The molecular weight excluding hydrogens is 374 g/mol. The summed E-state index contributed by atoms with van der Waals surface area (Å²) in [6.45, 7) is 1.05. The van der Waals surface area contributed by atoms with E-state index in [1.54, 1.807) is 24.3 Å². The summed E-state index contributed by atoms with van der Waals surface area (Å²) in [4.78, 5) is 10.8. The number of rotatable bonds is 6. The highest BCUT2D eigenvalue weighted by atomic mass is 32.2. The Balaban J connectivity index is 1.94. The van der Waals surface area contributed by atoms with Gasteiger partial charge in [-0.25, -0.2) is 8.42 Å². The van der Waals surface area contributed by atoms with E-state index in [0.717, 1.165) is 6.07 Å². The second-order valence-electron chi connectivity index (χ2n) is 5.81. The molecule has 0 amide bonds. The Morgan fingerprint density at radius 1 is 1.19 bits per heavy atom. The van der Waals surface area contributed by atoms with Gasteiger partial charge in [-0.15, -0.1) is 0 Å². The molecule has 0 aromatic heterocycles. The monoisotopic (exact) mass is 393 g/mol. The fourth-order valence-electron chi connectivity index (χ4n) is 2.72. The molecule has 1 aliphatic heterocycles. The molecule has 0 spiro atoms. The van der Waals surface area contributed by atoms with Gasteiger partial charge in [-0.2, -0.15) is 4.31 Å². The number of morpholine rings is 1. The van der Waals surface area contributed by atoms with Crippen molar-refractivity contribution in [2.45, 2.75) is 4.90 Å². The molecule has 9 nitrogen and oxygen atoms in total. The lowest BCUT2D eigenvalue weighted by Crippen LogP contribution is -2.40. The van der Waals surface area contributed by atoms with Gasteiger partial charge >= 0.3 is 0 Å². The van der Waals surface area contributed by atoms with Crippen LogP contribution in [-0.2, 0) is 14.8 Å². The van der Waals surface area contributed by atoms with Crippen LogP contribution in [0.15, 0.2) is 47.4 Å². The first kappa shape index (κ1) is 19.1. The zero-order valence-electron chi connectivity index (χ0n) is 14.6. The number of nitro benzene ring substituents is 1. The van der Waals surface area contributed by atoms with E-state index in [4.69, 9.17) is 9.47 Å². The summed E-state index contributed by atoms with van der Waals surface area (Å²) in [6.07, 6.45) is 0. The Kier molecular flexibility index (Phi) is 5.59. The average molecular weight is 393 g/mol. The number of nitrogens with one attached hydrogen (secondary N) is 1. The molecule has 1 N–H and O–H groups in total. The van der Waals surface area contributed by atoms with E-state index >= 15 is 0 Å². The predicted molar refractivity (Wildman–Crippen MR) is 99.0 cm³/mol. The van der Waals surface area contributed by atoms with Gasteiger partial charge in [0.15, 0.2) is 0 Å². The van der Waals surface area contributed by atoms with Crippen molar-refractivity contribution in [1.82, 2.24) is 4.31 Å². The molecule has 2 aromatic carbocycles. The summed E-state index contributed by atoms with van der Waals surface area (Å²) in [5, 5.41) is 14.4. The van der Waals surface area contributed by atoms with Crippen LogP contribution in [0, 0.1) is 10.1 Å². The minimum Gasteiger partial charge on any atom is -0.497 e. The van der Waals surface area contributed by atoms with Gasteiger partial charge in [0.1, 0.15) is 11.4 Å². The molecule has 0 unspecified atom stereocenters. The standard InChI is InChI=1S/C17H19N3O6S/c1-25-14-4-2-3-13(11-14)18-16-6-5-15(12-17(16)20(21)22)27(23,24)19-7-9-26-10-8-19/h2-6,11-12,18H,7-10H2,1H3. The van der Waals surface area contributed by atoms with Gasteiger partial charge in [0.25, 0.3) is 5.69 Å². The van der Waals surface area contributed by atoms with Crippen LogP contribution in [-0.4, -0.2) is 51.1 Å². The molecule has 10 heteroatoms. The minimum absolute atomic E-state index is 0.118. The molecule has 27 heavy (non-hydrogen) atoms. The van der Waals surface area contributed by atoms with E-state index in [0.29, 0.717) is 24.7 Å². The van der Waals surface area contributed by atoms with E-state index in [1.807, 2.05) is 0 Å². The third kappa shape index (κ3) is 4.18. The second kappa shape index (κ2) is 7.91. The minimum atomic E-state index is -3.82. The molecule has 1 aliphatic rings. The van der Waals surface area contributed by atoms with E-state index < -0.39 is 14.9 Å². The molecule has 1 heterocycles. The van der Waals surface area contributed by atoms with E-state index in [2.05, 4.69) is 5.32 Å². The average Bonchev–Trinajstić information content (AvgIpc) is 2.68. The number of hydrogen-bond donors (Lipinski definition) is 1. The van der Waals surface area contributed by atoms with Gasteiger partial charge in [0.2, 0.25) is 10.0 Å². The normalized spacial score (nSPS) is 15.3. The van der Waals surface area contributed by atoms with Crippen molar-refractivity contribution in [3.8, 4) is 5.75 Å². The maximum absolute atomic E-state index is 12.7. The molecule has 1 fully saturated rings. The van der Waals surface area contributed by atoms with Gasteiger partial charge < -0.3 is 14.8 Å². The van der Waals surface area contributed by atoms with Crippen LogP contribution in [0.1, 0.15) is 0 Å². The Morgan fingerprint density at radius 2 is 1.93 bits per heavy atom. The molecule has 1 saturated heterocycles. The summed E-state index contributed by atoms with van der Waals surface area (Å²) in [7, 11) is -2.30. The zero-order valence-corrected chi connectivity index (χ0v) is 15.4. The van der Waals surface area contributed by atoms with Crippen LogP contribution in [0.5, 0.6) is 5.75 Å². The third-order valence-electron chi connectivity index (χ3n) is 4.12. The molecule has 144 valence electrons. The molecule has 0 atom stereocenters. The number of benzene rings is 2. The van der Waals surface area contributed by atoms with Gasteiger partial charge in [-0.3, -0.25) is 10.1 Å². The van der Waals surface area contributed by atoms with Crippen LogP contribution in [0.25, 0.3) is 0 Å². The third-order valence-corrected chi connectivity index (χ3v) is 6.02. The summed E-state index contributed by atoms with van der Waals surface area (Å²) in [6, 6.07) is 10.7. The van der Waals surface area contributed by atoms with Crippen molar-refractivity contribution >= 4 is 27.1 Å². The lowest BCUT2D eigenvalue weighted by Gasteiger charge is -2.26. The highest BCUT2D eigenvalue weighted by Gasteiger charge is 2.28. The van der Waals surface area contributed by atoms with Crippen LogP contribution >= 0.6 is 0 Å². The van der Waals surface area contributed by atoms with Crippen molar-refractivity contribution in [2.24, 2.45) is 0 Å². The second-order valence-corrected chi connectivity index (χ2v) is 7.75. The Bertz CT molecular complexity index is 941. The number of nitro groups is 1. The van der Waals surface area contributed by atoms with Crippen LogP contribution < -0.4 is 10.1 Å². The van der Waals surface area contributed by atoms with Gasteiger partial charge in [-0.1, -0.05) is 6.07 Å². The van der Waals surface area contributed by atoms with Crippen LogP contribution in [0.3, 0.4) is 0 Å². The van der Waals surface area contributed by atoms with Gasteiger partial charge in [0, 0.05) is 30.9 Å². The lowest BCUT2D eigenvalue weighted by molar-refractivity contribution is -0.384. The SMILES string of the molecule is COc1cccc(Nc2ccc(S(=O)(=O)N3CCOCC3)cc2[N+](=O)[O-])c1. The Labute approximate surface area is 156 Å². The van der Waals surface area contributed by atoms with E-state index in [1.165, 1.54) is 23.5 Å². The number of methoxy groups -OCH3 is 1. The highest BCUT2D eigenvalue weighted by Crippen LogP contribution is 2.32. The summed E-state index contributed by atoms with van der Waals surface area (Å²) < 4.78 is 37.0. The van der Waals surface area contributed by atoms with Crippen LogP contribution in [0.4, 0.5) is 17.1 Å². The molecule has 0 aliphatic carbocycles. The maximum Gasteiger partial charge on any atom is 0.294 e. The first-order valence-corrected chi connectivity index (χ1v) is 9.63.